The van der Waals surface area contributed by atoms with Crippen LogP contribution in [0, 0.1) is 13.8 Å². The van der Waals surface area contributed by atoms with Gasteiger partial charge in [0.2, 0.25) is 0 Å². The van der Waals surface area contributed by atoms with Crippen LogP contribution in [-0.2, 0) is 14.3 Å². The number of likely N-dealkylation sites (N-methyl/N-ethyl adjacent to an activating group) is 1. The lowest BCUT2D eigenvalue weighted by molar-refractivity contribution is -0.143. The molecule has 0 aromatic heterocycles. The molecule has 1 unspecified atom stereocenters. The molecule has 0 aliphatic carbocycles. The summed E-state index contributed by atoms with van der Waals surface area (Å²) in [4.78, 5) is 26.5. The number of hydrogen-bond donors (Lipinski definition) is 1. The van der Waals surface area contributed by atoms with Crippen LogP contribution in [0.2, 0.25) is 0 Å². The number of amides is 1. The molecule has 0 spiro atoms. The van der Waals surface area contributed by atoms with Crippen LogP contribution in [0.4, 0.5) is 0 Å². The van der Waals surface area contributed by atoms with E-state index in [-0.39, 0.29) is 25.2 Å². The molecule has 0 radical (unpaired) electrons. The number of aliphatic carboxylic acids is 1. The van der Waals surface area contributed by atoms with E-state index in [4.69, 9.17) is 14.6 Å². The number of carbonyl (C=O) groups excluding carboxylic acids is 1. The first-order valence-corrected chi connectivity index (χ1v) is 8.35. The van der Waals surface area contributed by atoms with Crippen LogP contribution in [0.3, 0.4) is 0 Å². The Bertz CT molecular complexity index is 619. The smallest absolute Gasteiger partial charge is 0.317 e. The standard InChI is InChI=1S/C18H26N2O5/c1-13-4-5-14(2)16(8-13)25-12-17(21)20-6-7-24-15(10-20)9-19(3)11-18(22)23/h4-5,8,15H,6-7,9-12H2,1-3H3,(H,22,23). The number of rotatable bonds is 7. The van der Waals surface area contributed by atoms with Gasteiger partial charge in [-0.1, -0.05) is 12.1 Å². The number of carboxylic acid groups (broad SMARTS) is 1. The molecule has 1 N–H and O–H groups in total. The zero-order chi connectivity index (χ0) is 18.4. The fourth-order valence-corrected chi connectivity index (χ4v) is 2.79. The minimum atomic E-state index is -0.881. The fourth-order valence-electron chi connectivity index (χ4n) is 2.79. The monoisotopic (exact) mass is 350 g/mol. The molecule has 1 aliphatic heterocycles. The molecular weight excluding hydrogens is 324 g/mol. The van der Waals surface area contributed by atoms with Crippen molar-refractivity contribution < 1.29 is 24.2 Å². The van der Waals surface area contributed by atoms with Crippen molar-refractivity contribution in [2.45, 2.75) is 20.0 Å². The number of hydrogen-bond acceptors (Lipinski definition) is 5. The number of ether oxygens (including phenoxy) is 2. The first kappa shape index (κ1) is 19.2. The summed E-state index contributed by atoms with van der Waals surface area (Å²) in [5.74, 6) is -0.248. The summed E-state index contributed by atoms with van der Waals surface area (Å²) in [6, 6.07) is 5.90. The summed E-state index contributed by atoms with van der Waals surface area (Å²) in [5.41, 5.74) is 2.08. The zero-order valence-electron chi connectivity index (χ0n) is 15.0. The van der Waals surface area contributed by atoms with Crippen LogP contribution >= 0.6 is 0 Å². The molecule has 1 aromatic rings. The predicted octanol–water partition coefficient (Wildman–Crippen LogP) is 0.926. The summed E-state index contributed by atoms with van der Waals surface area (Å²) >= 11 is 0. The lowest BCUT2D eigenvalue weighted by Gasteiger charge is -2.34. The maximum Gasteiger partial charge on any atom is 0.317 e. The molecule has 25 heavy (non-hydrogen) atoms. The van der Waals surface area contributed by atoms with Gasteiger partial charge >= 0.3 is 5.97 Å². The van der Waals surface area contributed by atoms with E-state index in [1.807, 2.05) is 32.0 Å². The number of carboxylic acids is 1. The Hall–Kier alpha value is -2.12. The van der Waals surface area contributed by atoms with Crippen LogP contribution in [0.1, 0.15) is 11.1 Å². The van der Waals surface area contributed by atoms with Gasteiger partial charge in [-0.3, -0.25) is 14.5 Å². The Kier molecular flexibility index (Phi) is 6.78. The van der Waals surface area contributed by atoms with E-state index in [1.165, 1.54) is 0 Å². The highest BCUT2D eigenvalue weighted by Crippen LogP contribution is 2.19. The molecule has 1 fully saturated rings. The molecule has 1 amide bonds. The average Bonchev–Trinajstić information content (AvgIpc) is 2.54. The van der Waals surface area contributed by atoms with Gasteiger partial charge in [0.15, 0.2) is 6.61 Å². The molecular formula is C18H26N2O5. The molecule has 138 valence electrons. The van der Waals surface area contributed by atoms with Gasteiger partial charge < -0.3 is 19.5 Å². The van der Waals surface area contributed by atoms with Crippen molar-refractivity contribution in [3.8, 4) is 5.75 Å². The molecule has 7 heteroatoms. The molecule has 0 saturated carbocycles. The Morgan fingerprint density at radius 2 is 2.16 bits per heavy atom. The zero-order valence-corrected chi connectivity index (χ0v) is 15.0. The van der Waals surface area contributed by atoms with E-state index in [2.05, 4.69) is 0 Å². The van der Waals surface area contributed by atoms with Crippen molar-refractivity contribution in [2.24, 2.45) is 0 Å². The molecule has 1 saturated heterocycles. The minimum absolute atomic E-state index is 0.0119. The predicted molar refractivity (Wildman–Crippen MR) is 92.9 cm³/mol. The van der Waals surface area contributed by atoms with Gasteiger partial charge in [0.25, 0.3) is 5.91 Å². The number of benzene rings is 1. The normalized spacial score (nSPS) is 17.6. The van der Waals surface area contributed by atoms with Crippen molar-refractivity contribution in [1.82, 2.24) is 9.80 Å². The first-order chi connectivity index (χ1) is 11.8. The fraction of sp³-hybridized carbons (Fsp3) is 0.556. The summed E-state index contributed by atoms with van der Waals surface area (Å²) in [6.45, 7) is 5.74. The summed E-state index contributed by atoms with van der Waals surface area (Å²) in [5, 5.41) is 8.81. The Morgan fingerprint density at radius 3 is 2.88 bits per heavy atom. The third kappa shape index (κ3) is 6.03. The molecule has 0 bridgehead atoms. The first-order valence-electron chi connectivity index (χ1n) is 8.35. The molecule has 1 atom stereocenters. The summed E-state index contributed by atoms with van der Waals surface area (Å²) in [6.07, 6.45) is -0.192. The largest absolute Gasteiger partial charge is 0.483 e. The quantitative estimate of drug-likeness (QED) is 0.788. The van der Waals surface area contributed by atoms with Crippen molar-refractivity contribution >= 4 is 11.9 Å². The Balaban J connectivity index is 1.84. The van der Waals surface area contributed by atoms with E-state index >= 15 is 0 Å². The molecule has 1 aromatic carbocycles. The molecule has 1 heterocycles. The van der Waals surface area contributed by atoms with Crippen molar-refractivity contribution in [3.63, 3.8) is 0 Å². The maximum atomic E-state index is 12.4. The second-order valence-electron chi connectivity index (χ2n) is 6.48. The van der Waals surface area contributed by atoms with E-state index < -0.39 is 5.97 Å². The van der Waals surface area contributed by atoms with Crippen LogP contribution in [0.5, 0.6) is 5.75 Å². The number of carbonyl (C=O) groups is 2. The third-order valence-corrected chi connectivity index (χ3v) is 4.11. The summed E-state index contributed by atoms with van der Waals surface area (Å²) in [7, 11) is 1.72. The van der Waals surface area contributed by atoms with Crippen molar-refractivity contribution in [3.05, 3.63) is 29.3 Å². The highest BCUT2D eigenvalue weighted by atomic mass is 16.5. The third-order valence-electron chi connectivity index (χ3n) is 4.11. The van der Waals surface area contributed by atoms with Gasteiger partial charge in [0.05, 0.1) is 19.3 Å². The lowest BCUT2D eigenvalue weighted by Crippen LogP contribution is -2.50. The van der Waals surface area contributed by atoms with Gasteiger partial charge in [-0.2, -0.15) is 0 Å². The minimum Gasteiger partial charge on any atom is -0.483 e. The second kappa shape index (κ2) is 8.82. The van der Waals surface area contributed by atoms with Crippen LogP contribution in [0.25, 0.3) is 0 Å². The average molecular weight is 350 g/mol. The van der Waals surface area contributed by atoms with E-state index in [1.54, 1.807) is 16.8 Å². The van der Waals surface area contributed by atoms with E-state index in [9.17, 15) is 9.59 Å². The number of aryl methyl sites for hydroxylation is 2. The van der Waals surface area contributed by atoms with Gasteiger partial charge in [-0.15, -0.1) is 0 Å². The second-order valence-corrected chi connectivity index (χ2v) is 6.48. The maximum absolute atomic E-state index is 12.4. The summed E-state index contributed by atoms with van der Waals surface area (Å²) < 4.78 is 11.3. The van der Waals surface area contributed by atoms with Crippen LogP contribution in [0.15, 0.2) is 18.2 Å². The molecule has 2 rings (SSSR count). The topological polar surface area (TPSA) is 79.3 Å². The lowest BCUT2D eigenvalue weighted by atomic mass is 10.1. The van der Waals surface area contributed by atoms with Crippen molar-refractivity contribution in [2.75, 3.05) is 46.4 Å². The van der Waals surface area contributed by atoms with Crippen LogP contribution < -0.4 is 4.74 Å². The van der Waals surface area contributed by atoms with Gasteiger partial charge in [0.1, 0.15) is 5.75 Å². The van der Waals surface area contributed by atoms with Crippen LogP contribution in [-0.4, -0.2) is 79.3 Å². The highest BCUT2D eigenvalue weighted by Gasteiger charge is 2.25. The Morgan fingerprint density at radius 1 is 1.40 bits per heavy atom. The van der Waals surface area contributed by atoms with E-state index in [0.717, 1.165) is 16.9 Å². The Labute approximate surface area is 148 Å². The van der Waals surface area contributed by atoms with Crippen molar-refractivity contribution in [1.29, 1.82) is 0 Å². The van der Waals surface area contributed by atoms with Gasteiger partial charge in [-0.05, 0) is 38.1 Å². The number of nitrogens with zero attached hydrogens (tertiary/aromatic N) is 2. The highest BCUT2D eigenvalue weighted by molar-refractivity contribution is 5.78. The van der Waals surface area contributed by atoms with Gasteiger partial charge in [0, 0.05) is 19.6 Å². The van der Waals surface area contributed by atoms with Gasteiger partial charge in [-0.25, -0.2) is 0 Å². The van der Waals surface area contributed by atoms with E-state index in [0.29, 0.717) is 26.2 Å². The SMILES string of the molecule is Cc1ccc(C)c(OCC(=O)N2CCOC(CN(C)CC(=O)O)C2)c1. The molecule has 7 nitrogen and oxygen atoms in total. The number of morpholine rings is 1. The molecule has 1 aliphatic rings.